The van der Waals surface area contributed by atoms with Crippen LogP contribution in [0.1, 0.15) is 32.9 Å². The number of ether oxygens (including phenoxy) is 3. The summed E-state index contributed by atoms with van der Waals surface area (Å²) in [6, 6.07) is 17.1. The highest BCUT2D eigenvalue weighted by molar-refractivity contribution is 6.00. The number of esters is 1. The molecule has 0 radical (unpaired) electrons. The van der Waals surface area contributed by atoms with Crippen LogP contribution in [0.5, 0.6) is 11.5 Å². The molecule has 3 aromatic rings. The predicted octanol–water partition coefficient (Wildman–Crippen LogP) is 4.32. The number of fused-ring (bicyclic) bond motifs is 1. The number of ketones is 1. The Hall–Kier alpha value is -3.80. The fourth-order valence-electron chi connectivity index (χ4n) is 3.54. The van der Waals surface area contributed by atoms with Gasteiger partial charge in [0.05, 0.1) is 0 Å². The Morgan fingerprint density at radius 2 is 1.81 bits per heavy atom. The lowest BCUT2D eigenvalue weighted by molar-refractivity contribution is -0.136. The number of aryl methyl sites for hydroxylation is 1. The normalized spacial score (nSPS) is 12.3. The zero-order valence-corrected chi connectivity index (χ0v) is 17.5. The van der Waals surface area contributed by atoms with E-state index in [-0.39, 0.29) is 19.2 Å². The number of hydrogen-bond donors (Lipinski definition) is 0. The summed E-state index contributed by atoms with van der Waals surface area (Å²) < 4.78 is 18.0. The predicted molar refractivity (Wildman–Crippen MR) is 116 cm³/mol. The molecule has 6 heteroatoms. The summed E-state index contributed by atoms with van der Waals surface area (Å²) in [4.78, 5) is 24.6. The molecule has 1 aliphatic heterocycles. The van der Waals surface area contributed by atoms with Crippen molar-refractivity contribution < 1.29 is 23.8 Å². The van der Waals surface area contributed by atoms with Gasteiger partial charge in [-0.3, -0.25) is 4.79 Å². The van der Waals surface area contributed by atoms with Gasteiger partial charge in [0.15, 0.2) is 18.1 Å². The average Bonchev–Trinajstić information content (AvgIpc) is 3.36. The number of nitrogens with zero attached hydrogens (tertiary/aromatic N) is 1. The second-order valence-electron chi connectivity index (χ2n) is 7.33. The number of hydrogen-bond acceptors (Lipinski definition) is 5. The van der Waals surface area contributed by atoms with E-state index < -0.39 is 5.97 Å². The average molecular weight is 417 g/mol. The van der Waals surface area contributed by atoms with Crippen LogP contribution in [-0.2, 0) is 16.1 Å². The molecule has 2 heterocycles. The summed E-state index contributed by atoms with van der Waals surface area (Å²) in [5, 5.41) is 0. The first-order valence-electron chi connectivity index (χ1n) is 9.99. The van der Waals surface area contributed by atoms with Crippen LogP contribution >= 0.6 is 0 Å². The summed E-state index contributed by atoms with van der Waals surface area (Å²) >= 11 is 0. The first-order valence-corrected chi connectivity index (χ1v) is 9.99. The van der Waals surface area contributed by atoms with Gasteiger partial charge in [-0.15, -0.1) is 0 Å². The third-order valence-electron chi connectivity index (χ3n) is 5.21. The van der Waals surface area contributed by atoms with E-state index in [1.807, 2.05) is 68.4 Å². The second-order valence-corrected chi connectivity index (χ2v) is 7.33. The van der Waals surface area contributed by atoms with Gasteiger partial charge >= 0.3 is 5.97 Å². The van der Waals surface area contributed by atoms with Crippen LogP contribution in [0.25, 0.3) is 6.08 Å². The van der Waals surface area contributed by atoms with E-state index in [4.69, 9.17) is 14.2 Å². The lowest BCUT2D eigenvalue weighted by Gasteiger charge is -2.10. The minimum Gasteiger partial charge on any atom is -0.454 e. The van der Waals surface area contributed by atoms with Gasteiger partial charge in [0.2, 0.25) is 12.6 Å². The van der Waals surface area contributed by atoms with Gasteiger partial charge in [-0.05, 0) is 49.2 Å². The quantitative estimate of drug-likeness (QED) is 0.325. The number of Topliss-reactive ketones (excluding diaryl/α,β-unsaturated/α-hetero) is 1. The van der Waals surface area contributed by atoms with Gasteiger partial charge < -0.3 is 18.8 Å². The molecular formula is C25H23NO5. The fraction of sp³-hybridized carbons (Fsp3) is 0.200. The van der Waals surface area contributed by atoms with E-state index >= 15 is 0 Å². The summed E-state index contributed by atoms with van der Waals surface area (Å²) in [7, 11) is 0. The monoisotopic (exact) mass is 417 g/mol. The molecule has 6 nitrogen and oxygen atoms in total. The maximum atomic E-state index is 12.7. The minimum absolute atomic E-state index is 0.230. The van der Waals surface area contributed by atoms with Crippen molar-refractivity contribution in [3.05, 3.63) is 88.8 Å². The highest BCUT2D eigenvalue weighted by atomic mass is 16.7. The van der Waals surface area contributed by atoms with E-state index in [1.165, 1.54) is 6.08 Å². The van der Waals surface area contributed by atoms with E-state index in [0.717, 1.165) is 34.0 Å². The fourth-order valence-corrected chi connectivity index (χ4v) is 3.54. The van der Waals surface area contributed by atoms with Crippen molar-refractivity contribution in [3.8, 4) is 11.5 Å². The zero-order chi connectivity index (χ0) is 21.8. The van der Waals surface area contributed by atoms with E-state index in [0.29, 0.717) is 12.1 Å². The number of benzene rings is 2. The lowest BCUT2D eigenvalue weighted by Crippen LogP contribution is -2.13. The Bertz CT molecular complexity index is 1140. The molecule has 158 valence electrons. The van der Waals surface area contributed by atoms with Crippen LogP contribution in [0.4, 0.5) is 0 Å². The molecule has 1 aromatic heterocycles. The first-order chi connectivity index (χ1) is 15.0. The second kappa shape index (κ2) is 8.92. The van der Waals surface area contributed by atoms with Crippen molar-refractivity contribution in [2.45, 2.75) is 20.4 Å². The Labute approximate surface area is 180 Å². The number of carbonyl (C=O) groups is 2. The molecule has 0 fully saturated rings. The number of aromatic nitrogens is 1. The highest BCUT2D eigenvalue weighted by Gasteiger charge is 2.18. The summed E-state index contributed by atoms with van der Waals surface area (Å²) in [5.74, 6) is 0.688. The van der Waals surface area contributed by atoms with E-state index in [2.05, 4.69) is 4.57 Å². The van der Waals surface area contributed by atoms with Crippen molar-refractivity contribution >= 4 is 17.8 Å². The summed E-state index contributed by atoms with van der Waals surface area (Å²) in [5.41, 5.74) is 4.27. The largest absolute Gasteiger partial charge is 0.454 e. The topological polar surface area (TPSA) is 66.8 Å². The van der Waals surface area contributed by atoms with Crippen molar-refractivity contribution in [3.63, 3.8) is 0 Å². The highest BCUT2D eigenvalue weighted by Crippen LogP contribution is 2.33. The van der Waals surface area contributed by atoms with E-state index in [1.54, 1.807) is 6.08 Å². The van der Waals surface area contributed by atoms with Crippen molar-refractivity contribution in [1.29, 1.82) is 0 Å². The van der Waals surface area contributed by atoms with Gasteiger partial charge in [0.1, 0.15) is 0 Å². The number of carbonyl (C=O) groups excluding carboxylic acids is 2. The van der Waals surface area contributed by atoms with Crippen LogP contribution < -0.4 is 9.47 Å². The molecule has 0 spiro atoms. The van der Waals surface area contributed by atoms with Crippen LogP contribution in [0.3, 0.4) is 0 Å². The van der Waals surface area contributed by atoms with E-state index in [9.17, 15) is 9.59 Å². The Morgan fingerprint density at radius 1 is 1.03 bits per heavy atom. The van der Waals surface area contributed by atoms with Crippen LogP contribution in [0.15, 0.2) is 60.7 Å². The molecule has 31 heavy (non-hydrogen) atoms. The molecule has 1 aliphatic rings. The van der Waals surface area contributed by atoms with Gasteiger partial charge in [-0.1, -0.05) is 36.4 Å². The van der Waals surface area contributed by atoms with Crippen LogP contribution in [0.2, 0.25) is 0 Å². The van der Waals surface area contributed by atoms with Gasteiger partial charge in [0, 0.05) is 29.6 Å². The van der Waals surface area contributed by atoms with Crippen LogP contribution in [-0.4, -0.2) is 29.7 Å². The first kappa shape index (κ1) is 20.5. The van der Waals surface area contributed by atoms with Gasteiger partial charge in [-0.2, -0.15) is 0 Å². The maximum Gasteiger partial charge on any atom is 0.331 e. The lowest BCUT2D eigenvalue weighted by atomic mass is 10.1. The van der Waals surface area contributed by atoms with Crippen molar-refractivity contribution in [1.82, 2.24) is 4.57 Å². The molecule has 2 aromatic carbocycles. The third-order valence-corrected chi connectivity index (χ3v) is 5.21. The molecule has 0 aliphatic carbocycles. The Morgan fingerprint density at radius 3 is 2.61 bits per heavy atom. The summed E-state index contributed by atoms with van der Waals surface area (Å²) in [6.45, 7) is 4.38. The molecule has 0 bridgehead atoms. The molecule has 0 unspecified atom stereocenters. The molecule has 0 amide bonds. The molecule has 0 N–H and O–H groups in total. The van der Waals surface area contributed by atoms with Gasteiger partial charge in [0.25, 0.3) is 0 Å². The molecule has 0 saturated heterocycles. The maximum absolute atomic E-state index is 12.7. The molecular weight excluding hydrogens is 394 g/mol. The Balaban J connectivity index is 1.40. The molecule has 4 rings (SSSR count). The SMILES string of the molecule is Cc1cc(C(=O)COC(=O)C=Cc2ccccc2)c(C)n1Cc1ccc2c(c1)OCO2. The summed E-state index contributed by atoms with van der Waals surface area (Å²) in [6.07, 6.45) is 2.98. The standard InChI is InChI=1S/C25H23NO5/c1-17-12-21(22(27)15-29-25(28)11-9-19-6-4-3-5-7-19)18(2)26(17)14-20-8-10-23-24(13-20)31-16-30-23/h3-13H,14-16H2,1-2H3. The minimum atomic E-state index is -0.550. The zero-order valence-electron chi connectivity index (χ0n) is 17.5. The Kier molecular flexibility index (Phi) is 5.89. The number of rotatable bonds is 7. The molecule has 0 atom stereocenters. The van der Waals surface area contributed by atoms with Gasteiger partial charge in [-0.25, -0.2) is 4.79 Å². The van der Waals surface area contributed by atoms with Crippen molar-refractivity contribution in [2.24, 2.45) is 0 Å². The molecule has 0 saturated carbocycles. The van der Waals surface area contributed by atoms with Crippen LogP contribution in [0, 0.1) is 13.8 Å². The third kappa shape index (κ3) is 4.69. The smallest absolute Gasteiger partial charge is 0.331 e. The van der Waals surface area contributed by atoms with Crippen molar-refractivity contribution in [2.75, 3.05) is 13.4 Å².